The van der Waals surface area contributed by atoms with Gasteiger partial charge in [-0.2, -0.15) is 0 Å². The summed E-state index contributed by atoms with van der Waals surface area (Å²) >= 11 is 0. The summed E-state index contributed by atoms with van der Waals surface area (Å²) in [5, 5.41) is 3.38. The van der Waals surface area contributed by atoms with Gasteiger partial charge in [0.05, 0.1) is 0 Å². The molecule has 2 heterocycles. The van der Waals surface area contributed by atoms with Gasteiger partial charge in [-0.25, -0.2) is 9.97 Å². The molecule has 0 saturated carbocycles. The minimum atomic E-state index is 0.767. The molecule has 0 bridgehead atoms. The van der Waals surface area contributed by atoms with Crippen LogP contribution < -0.4 is 5.32 Å². The Morgan fingerprint density at radius 3 is 2.47 bits per heavy atom. The van der Waals surface area contributed by atoms with Crippen molar-refractivity contribution in [1.29, 1.82) is 0 Å². The molecule has 0 aliphatic heterocycles. The van der Waals surface area contributed by atoms with Gasteiger partial charge in [0.1, 0.15) is 5.82 Å². The second kappa shape index (κ2) is 6.27. The van der Waals surface area contributed by atoms with Crippen LogP contribution in [0.2, 0.25) is 0 Å². The highest BCUT2D eigenvalue weighted by Crippen LogP contribution is 2.21. The minimum absolute atomic E-state index is 0.767. The maximum absolute atomic E-state index is 4.65. The van der Waals surface area contributed by atoms with Crippen LogP contribution in [-0.2, 0) is 6.42 Å². The third-order valence-electron chi connectivity index (χ3n) is 3.06. The van der Waals surface area contributed by atoms with Crippen molar-refractivity contribution < 1.29 is 0 Å². The summed E-state index contributed by atoms with van der Waals surface area (Å²) in [5.41, 5.74) is 3.25. The molecule has 0 aliphatic carbocycles. The first-order valence-electron chi connectivity index (χ1n) is 6.78. The molecule has 4 heteroatoms. The molecule has 0 saturated heterocycles. The lowest BCUT2D eigenvalue weighted by Crippen LogP contribution is -2.08. The summed E-state index contributed by atoms with van der Waals surface area (Å²) in [6, 6.07) is 3.88. The van der Waals surface area contributed by atoms with E-state index in [1.54, 1.807) is 12.4 Å². The van der Waals surface area contributed by atoms with Crippen LogP contribution in [0.4, 0.5) is 5.82 Å². The number of nitrogens with one attached hydrogen (secondary N) is 1. The zero-order valence-corrected chi connectivity index (χ0v) is 11.8. The van der Waals surface area contributed by atoms with Crippen molar-refractivity contribution in [2.75, 3.05) is 11.9 Å². The van der Waals surface area contributed by atoms with Gasteiger partial charge in [-0.1, -0.05) is 13.8 Å². The first kappa shape index (κ1) is 13.5. The number of rotatable bonds is 5. The van der Waals surface area contributed by atoms with Crippen molar-refractivity contribution in [1.82, 2.24) is 15.0 Å². The van der Waals surface area contributed by atoms with E-state index in [2.05, 4.69) is 41.0 Å². The van der Waals surface area contributed by atoms with E-state index < -0.39 is 0 Å². The molecular weight excluding hydrogens is 236 g/mol. The fraction of sp³-hybridized carbons (Fsp3) is 0.400. The number of aromatic nitrogens is 3. The summed E-state index contributed by atoms with van der Waals surface area (Å²) in [5.74, 6) is 1.71. The predicted octanol–water partition coefficient (Wildman–Crippen LogP) is 3.23. The second-order valence-electron chi connectivity index (χ2n) is 4.48. The minimum Gasteiger partial charge on any atom is -0.370 e. The lowest BCUT2D eigenvalue weighted by molar-refractivity contribution is 0.936. The van der Waals surface area contributed by atoms with Crippen LogP contribution in [0.3, 0.4) is 0 Å². The van der Waals surface area contributed by atoms with Crippen molar-refractivity contribution in [2.45, 2.75) is 33.6 Å². The highest BCUT2D eigenvalue weighted by atomic mass is 15.0. The summed E-state index contributed by atoms with van der Waals surface area (Å²) < 4.78 is 0. The maximum atomic E-state index is 4.65. The zero-order chi connectivity index (χ0) is 13.7. The average molecular weight is 256 g/mol. The molecule has 0 amide bonds. The number of anilines is 1. The van der Waals surface area contributed by atoms with Crippen molar-refractivity contribution >= 4 is 5.82 Å². The van der Waals surface area contributed by atoms with E-state index in [0.29, 0.717) is 0 Å². The molecule has 0 unspecified atom stereocenters. The highest BCUT2D eigenvalue weighted by molar-refractivity contribution is 5.59. The lowest BCUT2D eigenvalue weighted by atomic mass is 10.1. The van der Waals surface area contributed by atoms with Gasteiger partial charge in [-0.15, -0.1) is 0 Å². The summed E-state index contributed by atoms with van der Waals surface area (Å²) in [4.78, 5) is 13.3. The molecule has 0 aromatic carbocycles. The van der Waals surface area contributed by atoms with Gasteiger partial charge < -0.3 is 5.32 Å². The topological polar surface area (TPSA) is 50.7 Å². The number of nitrogens with zero attached hydrogens (tertiary/aromatic N) is 3. The van der Waals surface area contributed by atoms with Crippen LogP contribution in [0.25, 0.3) is 11.4 Å². The first-order chi connectivity index (χ1) is 9.26. The standard InChI is InChI=1S/C15H20N4/c1-4-8-17-14-11(3)13(5-2)18-15(19-14)12-6-9-16-10-7-12/h6-7,9-10H,4-5,8H2,1-3H3,(H,17,18,19). The second-order valence-corrected chi connectivity index (χ2v) is 4.48. The van der Waals surface area contributed by atoms with Gasteiger partial charge in [0.25, 0.3) is 0 Å². The van der Waals surface area contributed by atoms with E-state index in [9.17, 15) is 0 Å². The third kappa shape index (κ3) is 3.08. The monoisotopic (exact) mass is 256 g/mol. The Morgan fingerprint density at radius 1 is 1.11 bits per heavy atom. The van der Waals surface area contributed by atoms with Crippen LogP contribution in [0, 0.1) is 6.92 Å². The highest BCUT2D eigenvalue weighted by Gasteiger charge is 2.10. The SMILES string of the molecule is CCCNc1nc(-c2ccncc2)nc(CC)c1C. The number of hydrogen-bond acceptors (Lipinski definition) is 4. The molecule has 0 fully saturated rings. The van der Waals surface area contributed by atoms with Crippen molar-refractivity contribution in [3.8, 4) is 11.4 Å². The summed E-state index contributed by atoms with van der Waals surface area (Å²) in [6.45, 7) is 7.27. The van der Waals surface area contributed by atoms with Crippen molar-refractivity contribution in [3.63, 3.8) is 0 Å². The van der Waals surface area contributed by atoms with E-state index in [4.69, 9.17) is 0 Å². The van der Waals surface area contributed by atoms with Gasteiger partial charge in [0.2, 0.25) is 0 Å². The molecule has 0 atom stereocenters. The average Bonchev–Trinajstić information content (AvgIpc) is 2.47. The van der Waals surface area contributed by atoms with Gasteiger partial charge in [0.15, 0.2) is 5.82 Å². The van der Waals surface area contributed by atoms with E-state index in [1.165, 1.54) is 0 Å². The van der Waals surface area contributed by atoms with E-state index in [1.807, 2.05) is 12.1 Å². The molecule has 2 rings (SSSR count). The molecule has 1 N–H and O–H groups in total. The van der Waals surface area contributed by atoms with E-state index in [0.717, 1.165) is 47.8 Å². The molecule has 2 aromatic rings. The molecule has 0 aliphatic rings. The molecule has 2 aromatic heterocycles. The smallest absolute Gasteiger partial charge is 0.161 e. The van der Waals surface area contributed by atoms with Crippen LogP contribution in [0.1, 0.15) is 31.5 Å². The quantitative estimate of drug-likeness (QED) is 0.892. The van der Waals surface area contributed by atoms with Gasteiger partial charge in [-0.3, -0.25) is 4.98 Å². The Hall–Kier alpha value is -1.97. The van der Waals surface area contributed by atoms with Crippen LogP contribution in [0.15, 0.2) is 24.5 Å². The van der Waals surface area contributed by atoms with Crippen LogP contribution >= 0.6 is 0 Å². The summed E-state index contributed by atoms with van der Waals surface area (Å²) in [7, 11) is 0. The fourth-order valence-corrected chi connectivity index (χ4v) is 1.95. The van der Waals surface area contributed by atoms with Crippen LogP contribution in [-0.4, -0.2) is 21.5 Å². The molecule has 19 heavy (non-hydrogen) atoms. The third-order valence-corrected chi connectivity index (χ3v) is 3.06. The largest absolute Gasteiger partial charge is 0.370 e. The summed E-state index contributed by atoms with van der Waals surface area (Å²) in [6.07, 6.45) is 5.52. The fourth-order valence-electron chi connectivity index (χ4n) is 1.95. The Morgan fingerprint density at radius 2 is 1.84 bits per heavy atom. The molecular formula is C15H20N4. The number of pyridine rings is 1. The normalized spacial score (nSPS) is 10.5. The Labute approximate surface area is 114 Å². The molecule has 100 valence electrons. The Bertz CT molecular complexity index is 537. The van der Waals surface area contributed by atoms with E-state index >= 15 is 0 Å². The zero-order valence-electron chi connectivity index (χ0n) is 11.8. The number of hydrogen-bond donors (Lipinski definition) is 1. The molecule has 4 nitrogen and oxygen atoms in total. The molecule has 0 spiro atoms. The maximum Gasteiger partial charge on any atom is 0.161 e. The molecule has 0 radical (unpaired) electrons. The van der Waals surface area contributed by atoms with Gasteiger partial charge >= 0.3 is 0 Å². The Balaban J connectivity index is 2.45. The van der Waals surface area contributed by atoms with Crippen molar-refractivity contribution in [3.05, 3.63) is 35.8 Å². The van der Waals surface area contributed by atoms with E-state index in [-0.39, 0.29) is 0 Å². The van der Waals surface area contributed by atoms with Crippen LogP contribution in [0.5, 0.6) is 0 Å². The number of aryl methyl sites for hydroxylation is 1. The first-order valence-corrected chi connectivity index (χ1v) is 6.78. The lowest BCUT2D eigenvalue weighted by Gasteiger charge is -2.13. The van der Waals surface area contributed by atoms with Crippen molar-refractivity contribution in [2.24, 2.45) is 0 Å². The van der Waals surface area contributed by atoms with Gasteiger partial charge in [0, 0.05) is 35.8 Å². The van der Waals surface area contributed by atoms with Gasteiger partial charge in [-0.05, 0) is 31.9 Å². The predicted molar refractivity (Wildman–Crippen MR) is 78.2 cm³/mol. The Kier molecular flexibility index (Phi) is 4.44.